The molecule has 2 fully saturated rings. The van der Waals surface area contributed by atoms with E-state index in [1.54, 1.807) is 12.1 Å². The standard InChI is InChI=1S/C25H31F2N3O2/c1-2-3-14-32-23-10-4-18(5-11-23)24(31)29-19-6-8-22(9-7-19)30-13-12-20(17-30)28-21-15-25(26,27)16-21/h4-11,20-21,28H,2-3,12-17H2,1H3,(H,29,31). The molecule has 0 spiro atoms. The third kappa shape index (κ3) is 5.76. The molecule has 4 rings (SSSR count). The fourth-order valence-electron chi connectivity index (χ4n) is 4.24. The minimum atomic E-state index is -2.49. The van der Waals surface area contributed by atoms with Crippen molar-refractivity contribution >= 4 is 17.3 Å². The van der Waals surface area contributed by atoms with E-state index in [0.717, 1.165) is 49.5 Å². The maximum atomic E-state index is 13.0. The molecule has 1 amide bonds. The Morgan fingerprint density at radius 1 is 1.09 bits per heavy atom. The monoisotopic (exact) mass is 443 g/mol. The molecule has 0 aromatic heterocycles. The van der Waals surface area contributed by atoms with E-state index in [2.05, 4.69) is 22.5 Å². The fraction of sp³-hybridized carbons (Fsp3) is 0.480. The Bertz CT molecular complexity index is 894. The minimum Gasteiger partial charge on any atom is -0.494 e. The van der Waals surface area contributed by atoms with E-state index < -0.39 is 5.92 Å². The molecule has 0 radical (unpaired) electrons. The molecule has 1 saturated carbocycles. The first kappa shape index (κ1) is 22.5. The molecule has 172 valence electrons. The lowest BCUT2D eigenvalue weighted by molar-refractivity contribution is -0.0943. The number of alkyl halides is 2. The van der Waals surface area contributed by atoms with Crippen LogP contribution in [0, 0.1) is 0 Å². The molecule has 1 heterocycles. The van der Waals surface area contributed by atoms with E-state index in [0.29, 0.717) is 12.2 Å². The molecule has 2 aliphatic rings. The first-order chi connectivity index (χ1) is 15.4. The van der Waals surface area contributed by atoms with E-state index in [9.17, 15) is 13.6 Å². The van der Waals surface area contributed by atoms with Crippen LogP contribution in [0.2, 0.25) is 0 Å². The van der Waals surface area contributed by atoms with Crippen molar-refractivity contribution in [1.29, 1.82) is 0 Å². The first-order valence-electron chi connectivity index (χ1n) is 11.4. The van der Waals surface area contributed by atoms with Crippen molar-refractivity contribution in [2.24, 2.45) is 0 Å². The highest BCUT2D eigenvalue weighted by atomic mass is 19.3. The lowest BCUT2D eigenvalue weighted by Crippen LogP contribution is -2.52. The number of amides is 1. The lowest BCUT2D eigenvalue weighted by Gasteiger charge is -2.37. The smallest absolute Gasteiger partial charge is 0.255 e. The summed E-state index contributed by atoms with van der Waals surface area (Å²) < 4.78 is 31.7. The molecule has 1 atom stereocenters. The average Bonchev–Trinajstić information content (AvgIpc) is 3.22. The molecule has 5 nitrogen and oxygen atoms in total. The van der Waals surface area contributed by atoms with E-state index in [1.807, 2.05) is 36.4 Å². The number of hydrogen-bond donors (Lipinski definition) is 2. The number of anilines is 2. The largest absolute Gasteiger partial charge is 0.494 e. The van der Waals surface area contributed by atoms with Gasteiger partial charge in [0.1, 0.15) is 5.75 Å². The zero-order valence-electron chi connectivity index (χ0n) is 18.4. The van der Waals surface area contributed by atoms with Crippen molar-refractivity contribution in [3.63, 3.8) is 0 Å². The van der Waals surface area contributed by atoms with Gasteiger partial charge in [-0.15, -0.1) is 0 Å². The third-order valence-electron chi connectivity index (χ3n) is 6.12. The fourth-order valence-corrected chi connectivity index (χ4v) is 4.24. The van der Waals surface area contributed by atoms with Gasteiger partial charge in [-0.05, 0) is 61.4 Å². The predicted molar refractivity (Wildman–Crippen MR) is 123 cm³/mol. The Balaban J connectivity index is 1.25. The van der Waals surface area contributed by atoms with Crippen molar-refractivity contribution in [3.8, 4) is 5.75 Å². The molecule has 1 aliphatic carbocycles. The Kier molecular flexibility index (Phi) is 6.94. The van der Waals surface area contributed by atoms with Crippen molar-refractivity contribution < 1.29 is 18.3 Å². The molecule has 32 heavy (non-hydrogen) atoms. The van der Waals surface area contributed by atoms with Gasteiger partial charge in [-0.25, -0.2) is 8.78 Å². The van der Waals surface area contributed by atoms with Gasteiger partial charge in [0, 0.05) is 55.0 Å². The van der Waals surface area contributed by atoms with E-state index >= 15 is 0 Å². The number of unbranched alkanes of at least 4 members (excludes halogenated alkanes) is 1. The zero-order valence-corrected chi connectivity index (χ0v) is 18.4. The van der Waals surface area contributed by atoms with Gasteiger partial charge >= 0.3 is 0 Å². The molecular weight excluding hydrogens is 412 g/mol. The van der Waals surface area contributed by atoms with Crippen molar-refractivity contribution in [1.82, 2.24) is 5.32 Å². The summed E-state index contributed by atoms with van der Waals surface area (Å²) >= 11 is 0. The second-order valence-corrected chi connectivity index (χ2v) is 8.79. The van der Waals surface area contributed by atoms with Crippen LogP contribution in [0.3, 0.4) is 0 Å². The maximum Gasteiger partial charge on any atom is 0.255 e. The summed E-state index contributed by atoms with van der Waals surface area (Å²) in [4.78, 5) is 14.8. The lowest BCUT2D eigenvalue weighted by atomic mass is 9.87. The molecule has 1 saturated heterocycles. The van der Waals surface area contributed by atoms with Crippen molar-refractivity contribution in [2.75, 3.05) is 29.9 Å². The van der Waals surface area contributed by atoms with E-state index in [4.69, 9.17) is 4.74 Å². The van der Waals surface area contributed by atoms with Gasteiger partial charge in [0.15, 0.2) is 0 Å². The van der Waals surface area contributed by atoms with Crippen LogP contribution in [0.15, 0.2) is 48.5 Å². The summed E-state index contributed by atoms with van der Waals surface area (Å²) in [6.07, 6.45) is 2.93. The molecule has 7 heteroatoms. The summed E-state index contributed by atoms with van der Waals surface area (Å²) in [6, 6.07) is 15.1. The van der Waals surface area contributed by atoms with E-state index in [-0.39, 0.29) is 30.8 Å². The van der Waals surface area contributed by atoms with Crippen LogP contribution in [0.4, 0.5) is 20.2 Å². The highest BCUT2D eigenvalue weighted by Crippen LogP contribution is 2.38. The maximum absolute atomic E-state index is 13.0. The quantitative estimate of drug-likeness (QED) is 0.531. The summed E-state index contributed by atoms with van der Waals surface area (Å²) in [6.45, 7) is 4.49. The van der Waals surface area contributed by atoms with E-state index in [1.165, 1.54) is 0 Å². The number of carbonyl (C=O) groups is 1. The molecule has 1 unspecified atom stereocenters. The minimum absolute atomic E-state index is 0.0491. The number of carbonyl (C=O) groups excluding carboxylic acids is 1. The zero-order chi connectivity index (χ0) is 22.6. The molecule has 2 aromatic carbocycles. The van der Waals surface area contributed by atoms with Crippen LogP contribution in [0.1, 0.15) is 49.4 Å². The number of rotatable bonds is 9. The van der Waals surface area contributed by atoms with Crippen LogP contribution in [-0.2, 0) is 0 Å². The highest BCUT2D eigenvalue weighted by molar-refractivity contribution is 6.04. The number of nitrogens with zero attached hydrogens (tertiary/aromatic N) is 1. The van der Waals surface area contributed by atoms with Crippen LogP contribution in [-0.4, -0.2) is 43.6 Å². The number of benzene rings is 2. The number of nitrogens with one attached hydrogen (secondary N) is 2. The molecular formula is C25H31F2N3O2. The van der Waals surface area contributed by atoms with Crippen LogP contribution < -0.4 is 20.3 Å². The summed E-state index contributed by atoms with van der Waals surface area (Å²) in [7, 11) is 0. The van der Waals surface area contributed by atoms with Gasteiger partial charge in [-0.3, -0.25) is 4.79 Å². The third-order valence-corrected chi connectivity index (χ3v) is 6.12. The highest BCUT2D eigenvalue weighted by Gasteiger charge is 2.46. The number of ether oxygens (including phenoxy) is 1. The predicted octanol–water partition coefficient (Wildman–Crippen LogP) is 5.08. The Labute approximate surface area is 188 Å². The summed E-state index contributed by atoms with van der Waals surface area (Å²) in [5, 5.41) is 6.28. The second kappa shape index (κ2) is 9.86. The van der Waals surface area contributed by atoms with Crippen LogP contribution in [0.25, 0.3) is 0 Å². The van der Waals surface area contributed by atoms with Crippen molar-refractivity contribution in [3.05, 3.63) is 54.1 Å². The van der Waals surface area contributed by atoms with Gasteiger partial charge < -0.3 is 20.3 Å². The number of halogens is 2. The first-order valence-corrected chi connectivity index (χ1v) is 11.4. The molecule has 1 aliphatic heterocycles. The average molecular weight is 444 g/mol. The van der Waals surface area contributed by atoms with Gasteiger partial charge in [0.25, 0.3) is 11.8 Å². The van der Waals surface area contributed by atoms with Gasteiger partial charge in [0.2, 0.25) is 0 Å². The van der Waals surface area contributed by atoms with Crippen LogP contribution in [0.5, 0.6) is 5.75 Å². The summed E-state index contributed by atoms with van der Waals surface area (Å²) in [5.41, 5.74) is 2.37. The Morgan fingerprint density at radius 2 is 1.81 bits per heavy atom. The molecule has 0 bridgehead atoms. The second-order valence-electron chi connectivity index (χ2n) is 8.79. The van der Waals surface area contributed by atoms with Crippen molar-refractivity contribution in [2.45, 2.75) is 57.0 Å². The Hall–Kier alpha value is -2.67. The molecule has 2 N–H and O–H groups in total. The van der Waals surface area contributed by atoms with Gasteiger partial charge in [0.05, 0.1) is 6.61 Å². The Morgan fingerprint density at radius 3 is 2.47 bits per heavy atom. The SMILES string of the molecule is CCCCOc1ccc(C(=O)Nc2ccc(N3CCC(NC4CC(F)(F)C4)C3)cc2)cc1. The van der Waals surface area contributed by atoms with Crippen LogP contribution >= 0.6 is 0 Å². The van der Waals surface area contributed by atoms with Gasteiger partial charge in [-0.1, -0.05) is 13.3 Å². The topological polar surface area (TPSA) is 53.6 Å². The summed E-state index contributed by atoms with van der Waals surface area (Å²) in [5.74, 6) is -1.88. The van der Waals surface area contributed by atoms with Gasteiger partial charge in [-0.2, -0.15) is 0 Å². The molecule has 2 aromatic rings. The number of hydrogen-bond acceptors (Lipinski definition) is 4. The normalized spacial score (nSPS) is 20.1.